The van der Waals surface area contributed by atoms with Gasteiger partial charge in [-0.25, -0.2) is 0 Å². The first-order chi connectivity index (χ1) is 11.9. The summed E-state index contributed by atoms with van der Waals surface area (Å²) < 4.78 is 0. The van der Waals surface area contributed by atoms with Gasteiger partial charge in [0.2, 0.25) is 0 Å². The molecule has 0 heterocycles. The molecule has 1 aromatic carbocycles. The van der Waals surface area contributed by atoms with Gasteiger partial charge in [0.15, 0.2) is 0 Å². The molecule has 0 aromatic heterocycles. The minimum atomic E-state index is 0.727. The summed E-state index contributed by atoms with van der Waals surface area (Å²) in [4.78, 5) is 0. The molecule has 0 amide bonds. The Morgan fingerprint density at radius 2 is 1.58 bits per heavy atom. The van der Waals surface area contributed by atoms with Gasteiger partial charge in [0, 0.05) is 12.6 Å². The molecular formula is C21H37N3. The van der Waals surface area contributed by atoms with E-state index in [9.17, 15) is 0 Å². The number of hydrogen-bond acceptors (Lipinski definition) is 3. The van der Waals surface area contributed by atoms with Gasteiger partial charge in [0.05, 0.1) is 11.6 Å². The summed E-state index contributed by atoms with van der Waals surface area (Å²) in [5.41, 5.74) is 1.97. The molecule has 1 aliphatic carbocycles. The van der Waals surface area contributed by atoms with E-state index < -0.39 is 0 Å². The van der Waals surface area contributed by atoms with Crippen molar-refractivity contribution in [3.05, 3.63) is 35.4 Å². The first-order valence-electron chi connectivity index (χ1n) is 9.81. The van der Waals surface area contributed by atoms with Crippen LogP contribution in [0, 0.1) is 11.3 Å². The molecule has 0 spiro atoms. The summed E-state index contributed by atoms with van der Waals surface area (Å²) in [5, 5.41) is 15.8. The van der Waals surface area contributed by atoms with E-state index >= 15 is 0 Å². The molecule has 0 unspecified atom stereocenters. The Balaban J connectivity index is 0.00000123. The van der Waals surface area contributed by atoms with E-state index in [1.165, 1.54) is 44.1 Å². The SMILES string of the molecule is CC.CC.N#Cc1ccc(CNCCCNC2CCCCC2)cc1. The van der Waals surface area contributed by atoms with E-state index in [1.807, 2.05) is 52.0 Å². The van der Waals surface area contributed by atoms with Gasteiger partial charge in [-0.3, -0.25) is 0 Å². The Hall–Kier alpha value is -1.37. The molecule has 136 valence electrons. The van der Waals surface area contributed by atoms with Gasteiger partial charge in [0.25, 0.3) is 0 Å². The van der Waals surface area contributed by atoms with E-state index in [-0.39, 0.29) is 0 Å². The van der Waals surface area contributed by atoms with Crippen LogP contribution in [0.3, 0.4) is 0 Å². The quantitative estimate of drug-likeness (QED) is 0.690. The lowest BCUT2D eigenvalue weighted by molar-refractivity contribution is 0.371. The number of nitrogens with zero attached hydrogens (tertiary/aromatic N) is 1. The van der Waals surface area contributed by atoms with E-state index in [0.717, 1.165) is 31.2 Å². The molecule has 1 aromatic rings. The van der Waals surface area contributed by atoms with E-state index in [4.69, 9.17) is 5.26 Å². The van der Waals surface area contributed by atoms with Crippen molar-refractivity contribution in [3.8, 4) is 6.07 Å². The summed E-state index contributed by atoms with van der Waals surface area (Å²) in [6.07, 6.45) is 8.11. The molecule has 0 radical (unpaired) electrons. The summed E-state index contributed by atoms with van der Waals surface area (Å²) >= 11 is 0. The Kier molecular flexibility index (Phi) is 15.5. The smallest absolute Gasteiger partial charge is 0.0991 e. The first-order valence-corrected chi connectivity index (χ1v) is 9.81. The fraction of sp³-hybridized carbons (Fsp3) is 0.667. The maximum absolute atomic E-state index is 8.74. The summed E-state index contributed by atoms with van der Waals surface area (Å²) in [6.45, 7) is 11.0. The molecule has 0 bridgehead atoms. The molecule has 1 fully saturated rings. The van der Waals surface area contributed by atoms with Crippen molar-refractivity contribution in [1.29, 1.82) is 5.26 Å². The predicted molar refractivity (Wildman–Crippen MR) is 105 cm³/mol. The zero-order valence-corrected chi connectivity index (χ0v) is 16.2. The molecule has 0 aliphatic heterocycles. The lowest BCUT2D eigenvalue weighted by Gasteiger charge is -2.22. The fourth-order valence-electron chi connectivity index (χ4n) is 2.76. The summed E-state index contributed by atoms with van der Waals surface area (Å²) in [7, 11) is 0. The van der Waals surface area contributed by atoms with Gasteiger partial charge in [-0.2, -0.15) is 5.26 Å². The third-order valence-electron chi connectivity index (χ3n) is 3.98. The number of benzene rings is 1. The first kappa shape index (κ1) is 22.6. The van der Waals surface area contributed by atoms with Crippen molar-refractivity contribution < 1.29 is 0 Å². The van der Waals surface area contributed by atoms with Crippen LogP contribution in [0.15, 0.2) is 24.3 Å². The summed E-state index contributed by atoms with van der Waals surface area (Å²) in [5.74, 6) is 0. The van der Waals surface area contributed by atoms with Crippen LogP contribution >= 0.6 is 0 Å². The Morgan fingerprint density at radius 3 is 2.17 bits per heavy atom. The van der Waals surface area contributed by atoms with Crippen LogP contribution < -0.4 is 10.6 Å². The van der Waals surface area contributed by atoms with Crippen LogP contribution in [0.2, 0.25) is 0 Å². The molecular weight excluding hydrogens is 294 g/mol. The van der Waals surface area contributed by atoms with Gasteiger partial charge in [-0.15, -0.1) is 0 Å². The average Bonchev–Trinajstić information content (AvgIpc) is 2.69. The Bertz CT molecular complexity index is 414. The molecule has 0 saturated heterocycles. The van der Waals surface area contributed by atoms with E-state index in [1.54, 1.807) is 0 Å². The molecule has 2 N–H and O–H groups in total. The van der Waals surface area contributed by atoms with E-state index in [0.29, 0.717) is 0 Å². The van der Waals surface area contributed by atoms with Crippen molar-refractivity contribution in [2.75, 3.05) is 13.1 Å². The van der Waals surface area contributed by atoms with Gasteiger partial charge in [0.1, 0.15) is 0 Å². The standard InChI is InChI=1S/C17H25N3.2C2H6/c18-13-15-7-9-16(10-8-15)14-19-11-4-12-20-17-5-2-1-3-6-17;2*1-2/h7-10,17,19-20H,1-6,11-12,14H2;2*1-2H3. The topological polar surface area (TPSA) is 47.9 Å². The number of hydrogen-bond donors (Lipinski definition) is 2. The maximum Gasteiger partial charge on any atom is 0.0991 e. The van der Waals surface area contributed by atoms with Crippen LogP contribution in [0.4, 0.5) is 0 Å². The lowest BCUT2D eigenvalue weighted by atomic mass is 9.95. The van der Waals surface area contributed by atoms with Crippen LogP contribution in [0.1, 0.15) is 77.3 Å². The van der Waals surface area contributed by atoms with Crippen molar-refractivity contribution in [2.45, 2.75) is 78.8 Å². The zero-order chi connectivity index (χ0) is 18.0. The normalized spacial score (nSPS) is 13.8. The van der Waals surface area contributed by atoms with Gasteiger partial charge >= 0.3 is 0 Å². The molecule has 24 heavy (non-hydrogen) atoms. The van der Waals surface area contributed by atoms with Crippen molar-refractivity contribution in [1.82, 2.24) is 10.6 Å². The number of rotatable bonds is 7. The van der Waals surface area contributed by atoms with Crippen molar-refractivity contribution in [3.63, 3.8) is 0 Å². The highest BCUT2D eigenvalue weighted by Crippen LogP contribution is 2.17. The maximum atomic E-state index is 8.74. The minimum absolute atomic E-state index is 0.727. The highest BCUT2D eigenvalue weighted by molar-refractivity contribution is 5.31. The van der Waals surface area contributed by atoms with Gasteiger partial charge < -0.3 is 10.6 Å². The van der Waals surface area contributed by atoms with Crippen molar-refractivity contribution in [2.24, 2.45) is 0 Å². The van der Waals surface area contributed by atoms with E-state index in [2.05, 4.69) is 16.7 Å². The highest BCUT2D eigenvalue weighted by Gasteiger charge is 2.11. The van der Waals surface area contributed by atoms with Crippen LogP contribution in [-0.4, -0.2) is 19.1 Å². The average molecular weight is 332 g/mol. The van der Waals surface area contributed by atoms with Gasteiger partial charge in [-0.1, -0.05) is 59.1 Å². The Morgan fingerprint density at radius 1 is 0.958 bits per heavy atom. The second kappa shape index (κ2) is 16.5. The minimum Gasteiger partial charge on any atom is -0.314 e. The fourth-order valence-corrected chi connectivity index (χ4v) is 2.76. The monoisotopic (exact) mass is 331 g/mol. The molecule has 2 rings (SSSR count). The molecule has 0 atom stereocenters. The second-order valence-electron chi connectivity index (χ2n) is 5.63. The van der Waals surface area contributed by atoms with Crippen LogP contribution in [0.5, 0.6) is 0 Å². The molecule has 1 saturated carbocycles. The molecule has 3 heteroatoms. The zero-order valence-electron chi connectivity index (χ0n) is 16.2. The third-order valence-corrected chi connectivity index (χ3v) is 3.98. The van der Waals surface area contributed by atoms with Crippen molar-refractivity contribution >= 4 is 0 Å². The summed E-state index contributed by atoms with van der Waals surface area (Å²) in [6, 6.07) is 10.7. The largest absolute Gasteiger partial charge is 0.314 e. The number of nitrogens with one attached hydrogen (secondary N) is 2. The third kappa shape index (κ3) is 10.4. The lowest BCUT2D eigenvalue weighted by Crippen LogP contribution is -2.33. The molecule has 3 nitrogen and oxygen atoms in total. The predicted octanol–water partition coefficient (Wildman–Crippen LogP) is 5.01. The Labute approximate surface area is 149 Å². The van der Waals surface area contributed by atoms with Crippen LogP contribution in [0.25, 0.3) is 0 Å². The molecule has 1 aliphatic rings. The van der Waals surface area contributed by atoms with Gasteiger partial charge in [-0.05, 0) is 50.0 Å². The highest BCUT2D eigenvalue weighted by atomic mass is 14.9. The second-order valence-corrected chi connectivity index (χ2v) is 5.63. The number of nitriles is 1. The van der Waals surface area contributed by atoms with Crippen LogP contribution in [-0.2, 0) is 6.54 Å².